The standard InChI is InChI=1S/C14H25N3/c1-6-11(4)17(7-2)9-13-12(5)14(15)10(3)8-16-13/h8,11H,6-7,9H2,1-5H3,(H2,15,16). The van der Waals surface area contributed by atoms with Gasteiger partial charge in [-0.3, -0.25) is 9.88 Å². The Kier molecular flexibility index (Phi) is 4.94. The molecule has 0 bridgehead atoms. The van der Waals surface area contributed by atoms with Crippen molar-refractivity contribution in [2.45, 2.75) is 53.6 Å². The van der Waals surface area contributed by atoms with E-state index in [-0.39, 0.29) is 0 Å². The Morgan fingerprint density at radius 1 is 1.35 bits per heavy atom. The number of aromatic nitrogens is 1. The maximum absolute atomic E-state index is 6.05. The van der Waals surface area contributed by atoms with Gasteiger partial charge in [0.2, 0.25) is 0 Å². The van der Waals surface area contributed by atoms with Gasteiger partial charge >= 0.3 is 0 Å². The van der Waals surface area contributed by atoms with Crippen LogP contribution in [0.25, 0.3) is 0 Å². The molecule has 1 heterocycles. The molecule has 0 radical (unpaired) electrons. The number of rotatable bonds is 5. The molecule has 0 saturated carbocycles. The first kappa shape index (κ1) is 14.0. The molecule has 3 nitrogen and oxygen atoms in total. The van der Waals surface area contributed by atoms with Gasteiger partial charge in [0.15, 0.2) is 0 Å². The second-order valence-corrected chi connectivity index (χ2v) is 4.75. The predicted molar refractivity (Wildman–Crippen MR) is 74.0 cm³/mol. The fourth-order valence-electron chi connectivity index (χ4n) is 1.98. The van der Waals surface area contributed by atoms with Gasteiger partial charge in [-0.25, -0.2) is 0 Å². The summed E-state index contributed by atoms with van der Waals surface area (Å²) in [6, 6.07) is 0.587. The summed E-state index contributed by atoms with van der Waals surface area (Å²) in [7, 11) is 0. The topological polar surface area (TPSA) is 42.2 Å². The highest BCUT2D eigenvalue weighted by atomic mass is 15.1. The molecule has 96 valence electrons. The van der Waals surface area contributed by atoms with Crippen molar-refractivity contribution in [2.75, 3.05) is 12.3 Å². The van der Waals surface area contributed by atoms with Crippen LogP contribution in [-0.4, -0.2) is 22.5 Å². The van der Waals surface area contributed by atoms with E-state index in [2.05, 4.69) is 37.6 Å². The van der Waals surface area contributed by atoms with E-state index in [0.29, 0.717) is 6.04 Å². The van der Waals surface area contributed by atoms with Crippen LogP contribution in [0, 0.1) is 13.8 Å². The average molecular weight is 235 g/mol. The molecule has 2 N–H and O–H groups in total. The van der Waals surface area contributed by atoms with Crippen molar-refractivity contribution < 1.29 is 0 Å². The highest BCUT2D eigenvalue weighted by molar-refractivity contribution is 5.53. The first-order valence-corrected chi connectivity index (χ1v) is 6.45. The smallest absolute Gasteiger partial charge is 0.0593 e. The number of nitrogens with two attached hydrogens (primary N) is 1. The van der Waals surface area contributed by atoms with Crippen LogP contribution in [0.15, 0.2) is 6.20 Å². The van der Waals surface area contributed by atoms with Gasteiger partial charge in [-0.05, 0) is 44.9 Å². The molecule has 0 fully saturated rings. The summed E-state index contributed by atoms with van der Waals surface area (Å²) < 4.78 is 0. The van der Waals surface area contributed by atoms with Crippen molar-refractivity contribution in [3.8, 4) is 0 Å². The van der Waals surface area contributed by atoms with E-state index in [1.54, 1.807) is 0 Å². The van der Waals surface area contributed by atoms with Crippen molar-refractivity contribution in [3.63, 3.8) is 0 Å². The highest BCUT2D eigenvalue weighted by Crippen LogP contribution is 2.20. The van der Waals surface area contributed by atoms with Crippen LogP contribution in [0.5, 0.6) is 0 Å². The molecule has 0 aliphatic rings. The van der Waals surface area contributed by atoms with Crippen molar-refractivity contribution in [2.24, 2.45) is 0 Å². The van der Waals surface area contributed by atoms with Crippen LogP contribution in [0.2, 0.25) is 0 Å². The third-order valence-corrected chi connectivity index (χ3v) is 3.65. The largest absolute Gasteiger partial charge is 0.398 e. The van der Waals surface area contributed by atoms with Crippen LogP contribution in [0.1, 0.15) is 44.0 Å². The van der Waals surface area contributed by atoms with Crippen LogP contribution in [0.4, 0.5) is 5.69 Å². The van der Waals surface area contributed by atoms with Crippen LogP contribution in [0.3, 0.4) is 0 Å². The summed E-state index contributed by atoms with van der Waals surface area (Å²) in [6.07, 6.45) is 3.04. The molecule has 0 aliphatic carbocycles. The Balaban J connectivity index is 2.91. The summed E-state index contributed by atoms with van der Waals surface area (Å²) >= 11 is 0. The minimum absolute atomic E-state index is 0.587. The Bertz CT molecular complexity index is 374. The second-order valence-electron chi connectivity index (χ2n) is 4.75. The summed E-state index contributed by atoms with van der Waals surface area (Å²) in [5, 5.41) is 0. The Labute approximate surface area is 105 Å². The molecular formula is C14H25N3. The number of hydrogen-bond donors (Lipinski definition) is 1. The van der Waals surface area contributed by atoms with E-state index in [4.69, 9.17) is 5.73 Å². The van der Waals surface area contributed by atoms with Crippen molar-refractivity contribution in [1.82, 2.24) is 9.88 Å². The lowest BCUT2D eigenvalue weighted by atomic mass is 10.1. The van der Waals surface area contributed by atoms with Crippen molar-refractivity contribution >= 4 is 5.69 Å². The van der Waals surface area contributed by atoms with Gasteiger partial charge in [-0.15, -0.1) is 0 Å². The zero-order valence-corrected chi connectivity index (χ0v) is 11.7. The number of pyridine rings is 1. The molecule has 1 rings (SSSR count). The lowest BCUT2D eigenvalue weighted by molar-refractivity contribution is 0.203. The van der Waals surface area contributed by atoms with Crippen LogP contribution in [-0.2, 0) is 6.54 Å². The van der Waals surface area contributed by atoms with Gasteiger partial charge < -0.3 is 5.73 Å². The van der Waals surface area contributed by atoms with Crippen LogP contribution < -0.4 is 5.73 Å². The van der Waals surface area contributed by atoms with Gasteiger partial charge in [0, 0.05) is 24.5 Å². The first-order chi connectivity index (χ1) is 8.01. The number of hydrogen-bond acceptors (Lipinski definition) is 3. The van der Waals surface area contributed by atoms with Gasteiger partial charge in [-0.1, -0.05) is 13.8 Å². The molecule has 1 atom stereocenters. The molecule has 0 spiro atoms. The number of aryl methyl sites for hydroxylation is 1. The van der Waals surface area contributed by atoms with Gasteiger partial charge in [0.1, 0.15) is 0 Å². The lowest BCUT2D eigenvalue weighted by Gasteiger charge is -2.27. The molecule has 1 aromatic rings. The zero-order chi connectivity index (χ0) is 13.0. The SMILES string of the molecule is CCC(C)N(CC)Cc1ncc(C)c(N)c1C. The first-order valence-electron chi connectivity index (χ1n) is 6.45. The molecule has 1 unspecified atom stereocenters. The Morgan fingerprint density at radius 2 is 2.00 bits per heavy atom. The van der Waals surface area contributed by atoms with Crippen molar-refractivity contribution in [1.29, 1.82) is 0 Å². The van der Waals surface area contributed by atoms with Gasteiger partial charge in [0.05, 0.1) is 5.69 Å². The number of nitrogens with zero attached hydrogens (tertiary/aromatic N) is 2. The summed E-state index contributed by atoms with van der Waals surface area (Å²) in [4.78, 5) is 6.96. The molecule has 0 saturated heterocycles. The molecular weight excluding hydrogens is 210 g/mol. The van der Waals surface area contributed by atoms with Gasteiger partial charge in [-0.2, -0.15) is 0 Å². The molecule has 0 aliphatic heterocycles. The third kappa shape index (κ3) is 3.19. The molecule has 17 heavy (non-hydrogen) atoms. The zero-order valence-electron chi connectivity index (χ0n) is 11.7. The number of nitrogen functional groups attached to an aromatic ring is 1. The van der Waals surface area contributed by atoms with E-state index < -0.39 is 0 Å². The molecule has 3 heteroatoms. The molecule has 0 amide bonds. The normalized spacial score (nSPS) is 13.1. The van der Waals surface area contributed by atoms with Crippen LogP contribution >= 0.6 is 0 Å². The number of anilines is 1. The monoisotopic (exact) mass is 235 g/mol. The predicted octanol–water partition coefficient (Wildman–Crippen LogP) is 2.90. The molecule has 1 aromatic heterocycles. The highest BCUT2D eigenvalue weighted by Gasteiger charge is 2.14. The lowest BCUT2D eigenvalue weighted by Crippen LogP contribution is -2.32. The quantitative estimate of drug-likeness (QED) is 0.853. The summed E-state index contributed by atoms with van der Waals surface area (Å²) in [5.41, 5.74) is 10.2. The van der Waals surface area contributed by atoms with Crippen molar-refractivity contribution in [3.05, 3.63) is 23.0 Å². The molecule has 0 aromatic carbocycles. The Hall–Kier alpha value is -1.09. The maximum atomic E-state index is 6.05. The summed E-state index contributed by atoms with van der Waals surface area (Å²) in [5.74, 6) is 0. The second kappa shape index (κ2) is 6.01. The van der Waals surface area contributed by atoms with E-state index in [9.17, 15) is 0 Å². The Morgan fingerprint density at radius 3 is 2.53 bits per heavy atom. The maximum Gasteiger partial charge on any atom is 0.0593 e. The minimum Gasteiger partial charge on any atom is -0.398 e. The van der Waals surface area contributed by atoms with E-state index in [1.165, 1.54) is 0 Å². The fourth-order valence-corrected chi connectivity index (χ4v) is 1.98. The minimum atomic E-state index is 0.587. The average Bonchev–Trinajstić information content (AvgIpc) is 2.34. The fraction of sp³-hybridized carbons (Fsp3) is 0.643. The van der Waals surface area contributed by atoms with Gasteiger partial charge in [0.25, 0.3) is 0 Å². The summed E-state index contributed by atoms with van der Waals surface area (Å²) in [6.45, 7) is 12.7. The van der Waals surface area contributed by atoms with E-state index >= 15 is 0 Å². The van der Waals surface area contributed by atoms with E-state index in [1.807, 2.05) is 13.1 Å². The van der Waals surface area contributed by atoms with E-state index in [0.717, 1.165) is 42.0 Å². The third-order valence-electron chi connectivity index (χ3n) is 3.65.